The van der Waals surface area contributed by atoms with E-state index < -0.39 is 0 Å². The second-order valence-electron chi connectivity index (χ2n) is 5.44. The average molecular weight is 458 g/mol. The van der Waals surface area contributed by atoms with Crippen molar-refractivity contribution >= 4 is 53.1 Å². The number of halogens is 3. The van der Waals surface area contributed by atoms with E-state index in [1.165, 1.54) is 0 Å². The summed E-state index contributed by atoms with van der Waals surface area (Å²) in [6, 6.07) is 5.41. The van der Waals surface area contributed by atoms with E-state index in [0.29, 0.717) is 16.6 Å². The van der Waals surface area contributed by atoms with Gasteiger partial charge in [-0.25, -0.2) is 4.99 Å². The minimum atomic E-state index is 0. The number of aliphatic imine (C=N–C) groups is 1. The van der Waals surface area contributed by atoms with E-state index in [9.17, 15) is 5.11 Å². The molecule has 1 saturated carbocycles. The molecule has 0 aromatic heterocycles. The van der Waals surface area contributed by atoms with E-state index in [0.717, 1.165) is 37.5 Å². The number of hydrogen-bond acceptors (Lipinski definition) is 2. The van der Waals surface area contributed by atoms with Crippen molar-refractivity contribution in [2.45, 2.75) is 26.3 Å². The van der Waals surface area contributed by atoms with Gasteiger partial charge in [0.2, 0.25) is 0 Å². The molecule has 0 radical (unpaired) electrons. The number of hydrogen-bond donors (Lipinski definition) is 3. The normalized spacial score (nSPS) is 15.9. The molecule has 3 N–H and O–H groups in total. The standard InChI is InChI=1S/C15H21Cl2N3O.HI/c1-2-18-14(20-9-15(10-21)5-6-15)19-8-11-3-4-12(16)7-13(11)17;/h3-4,7,21H,2,5-6,8-10H2,1H3,(H2,18,19,20);1H. The van der Waals surface area contributed by atoms with Crippen LogP contribution in [0.15, 0.2) is 23.2 Å². The molecule has 22 heavy (non-hydrogen) atoms. The SMILES string of the molecule is CCNC(=NCc1ccc(Cl)cc1Cl)NCC1(CO)CC1.I. The van der Waals surface area contributed by atoms with Crippen LogP contribution in [-0.4, -0.2) is 30.8 Å². The Bertz CT molecular complexity index is 522. The van der Waals surface area contributed by atoms with E-state index in [1.54, 1.807) is 6.07 Å². The van der Waals surface area contributed by atoms with Crippen LogP contribution in [0.1, 0.15) is 25.3 Å². The summed E-state index contributed by atoms with van der Waals surface area (Å²) in [5.74, 6) is 0.739. The average Bonchev–Trinajstić information content (AvgIpc) is 3.24. The van der Waals surface area contributed by atoms with Gasteiger partial charge < -0.3 is 15.7 Å². The lowest BCUT2D eigenvalue weighted by Gasteiger charge is -2.16. The Hall–Kier alpha value is -0.240. The topological polar surface area (TPSA) is 56.7 Å². The molecule has 0 atom stereocenters. The van der Waals surface area contributed by atoms with Crippen LogP contribution >= 0.6 is 47.2 Å². The van der Waals surface area contributed by atoms with Gasteiger partial charge in [0, 0.05) is 28.5 Å². The van der Waals surface area contributed by atoms with Gasteiger partial charge in [-0.15, -0.1) is 24.0 Å². The van der Waals surface area contributed by atoms with Crippen molar-refractivity contribution < 1.29 is 5.11 Å². The minimum absolute atomic E-state index is 0. The maximum atomic E-state index is 9.34. The van der Waals surface area contributed by atoms with Crippen LogP contribution in [0.4, 0.5) is 0 Å². The van der Waals surface area contributed by atoms with E-state index in [2.05, 4.69) is 15.6 Å². The molecular weight excluding hydrogens is 436 g/mol. The Morgan fingerprint density at radius 3 is 2.59 bits per heavy atom. The van der Waals surface area contributed by atoms with Gasteiger partial charge in [-0.2, -0.15) is 0 Å². The zero-order valence-electron chi connectivity index (χ0n) is 12.5. The molecule has 1 fully saturated rings. The maximum absolute atomic E-state index is 9.34. The molecule has 0 bridgehead atoms. The molecule has 0 unspecified atom stereocenters. The highest BCUT2D eigenvalue weighted by atomic mass is 127. The lowest BCUT2D eigenvalue weighted by Crippen LogP contribution is -2.41. The van der Waals surface area contributed by atoms with Gasteiger partial charge in [0.05, 0.1) is 13.2 Å². The molecule has 4 nitrogen and oxygen atoms in total. The van der Waals surface area contributed by atoms with Gasteiger partial charge in [-0.1, -0.05) is 29.3 Å². The molecule has 1 aliphatic rings. The van der Waals surface area contributed by atoms with Crippen LogP contribution in [0.5, 0.6) is 0 Å². The van der Waals surface area contributed by atoms with Crippen LogP contribution in [0.25, 0.3) is 0 Å². The number of guanidine groups is 1. The Labute approximate surface area is 158 Å². The summed E-state index contributed by atoms with van der Waals surface area (Å²) in [4.78, 5) is 4.52. The lowest BCUT2D eigenvalue weighted by molar-refractivity contribution is 0.212. The summed E-state index contributed by atoms with van der Waals surface area (Å²) in [5.41, 5.74) is 0.982. The molecule has 0 spiro atoms. The number of aliphatic hydroxyl groups is 1. The predicted octanol–water partition coefficient (Wildman–Crippen LogP) is 3.44. The van der Waals surface area contributed by atoms with Crippen LogP contribution in [0, 0.1) is 5.41 Å². The summed E-state index contributed by atoms with van der Waals surface area (Å²) in [7, 11) is 0. The van der Waals surface area contributed by atoms with E-state index in [4.69, 9.17) is 23.2 Å². The first kappa shape index (κ1) is 19.8. The lowest BCUT2D eigenvalue weighted by atomic mass is 10.1. The van der Waals surface area contributed by atoms with Gasteiger partial charge in [0.25, 0.3) is 0 Å². The first-order valence-corrected chi connectivity index (χ1v) is 7.91. The van der Waals surface area contributed by atoms with Gasteiger partial charge in [-0.3, -0.25) is 0 Å². The van der Waals surface area contributed by atoms with Gasteiger partial charge >= 0.3 is 0 Å². The predicted molar refractivity (Wildman–Crippen MR) is 103 cm³/mol. The van der Waals surface area contributed by atoms with E-state index in [1.807, 2.05) is 19.1 Å². The van der Waals surface area contributed by atoms with Crippen LogP contribution in [0.2, 0.25) is 10.0 Å². The second kappa shape index (κ2) is 9.15. The largest absolute Gasteiger partial charge is 0.396 e. The molecular formula is C15H22Cl2IN3O. The van der Waals surface area contributed by atoms with Gasteiger partial charge in [0.15, 0.2) is 5.96 Å². The Kier molecular flexibility index (Phi) is 8.24. The highest BCUT2D eigenvalue weighted by molar-refractivity contribution is 14.0. The number of nitrogens with zero attached hydrogens (tertiary/aromatic N) is 1. The first-order valence-electron chi connectivity index (χ1n) is 7.15. The van der Waals surface area contributed by atoms with Crippen molar-refractivity contribution in [1.82, 2.24) is 10.6 Å². The molecule has 0 aliphatic heterocycles. The summed E-state index contributed by atoms with van der Waals surface area (Å²) in [5, 5.41) is 17.1. The molecule has 1 aromatic carbocycles. The smallest absolute Gasteiger partial charge is 0.191 e. The maximum Gasteiger partial charge on any atom is 0.191 e. The fourth-order valence-electron chi connectivity index (χ4n) is 1.99. The zero-order chi connectivity index (χ0) is 15.3. The highest BCUT2D eigenvalue weighted by Gasteiger charge is 2.41. The van der Waals surface area contributed by atoms with E-state index in [-0.39, 0.29) is 36.0 Å². The number of rotatable bonds is 6. The fourth-order valence-corrected chi connectivity index (χ4v) is 2.46. The molecule has 0 heterocycles. The van der Waals surface area contributed by atoms with Crippen molar-refractivity contribution in [2.24, 2.45) is 10.4 Å². The molecule has 1 aromatic rings. The second-order valence-corrected chi connectivity index (χ2v) is 6.29. The molecule has 1 aliphatic carbocycles. The Morgan fingerprint density at radius 1 is 1.32 bits per heavy atom. The third-order valence-electron chi connectivity index (χ3n) is 3.69. The quantitative estimate of drug-likeness (QED) is 0.348. The first-order chi connectivity index (χ1) is 10.1. The third-order valence-corrected chi connectivity index (χ3v) is 4.28. The van der Waals surface area contributed by atoms with Crippen LogP contribution in [-0.2, 0) is 6.54 Å². The monoisotopic (exact) mass is 457 g/mol. The summed E-state index contributed by atoms with van der Waals surface area (Å²) >= 11 is 12.0. The Morgan fingerprint density at radius 2 is 2.05 bits per heavy atom. The summed E-state index contributed by atoms with van der Waals surface area (Å²) < 4.78 is 0. The number of benzene rings is 1. The molecule has 0 amide bonds. The molecule has 124 valence electrons. The van der Waals surface area contributed by atoms with Crippen molar-refractivity contribution in [3.8, 4) is 0 Å². The third kappa shape index (κ3) is 5.76. The summed E-state index contributed by atoms with van der Waals surface area (Å²) in [6.07, 6.45) is 2.14. The number of nitrogens with one attached hydrogen (secondary N) is 2. The van der Waals surface area contributed by atoms with Crippen LogP contribution in [0.3, 0.4) is 0 Å². The van der Waals surface area contributed by atoms with Crippen molar-refractivity contribution in [3.63, 3.8) is 0 Å². The molecule has 7 heteroatoms. The Balaban J connectivity index is 0.00000242. The fraction of sp³-hybridized carbons (Fsp3) is 0.533. The zero-order valence-corrected chi connectivity index (χ0v) is 16.4. The van der Waals surface area contributed by atoms with Crippen molar-refractivity contribution in [2.75, 3.05) is 19.7 Å². The van der Waals surface area contributed by atoms with Gasteiger partial charge in [-0.05, 0) is 37.5 Å². The van der Waals surface area contributed by atoms with Crippen molar-refractivity contribution in [1.29, 1.82) is 0 Å². The minimum Gasteiger partial charge on any atom is -0.396 e. The molecule has 0 saturated heterocycles. The van der Waals surface area contributed by atoms with Crippen molar-refractivity contribution in [3.05, 3.63) is 33.8 Å². The highest BCUT2D eigenvalue weighted by Crippen LogP contribution is 2.44. The van der Waals surface area contributed by atoms with E-state index >= 15 is 0 Å². The summed E-state index contributed by atoms with van der Waals surface area (Å²) in [6.45, 7) is 4.25. The molecule has 2 rings (SSSR count). The number of aliphatic hydroxyl groups excluding tert-OH is 1. The van der Waals surface area contributed by atoms with Crippen LogP contribution < -0.4 is 10.6 Å². The van der Waals surface area contributed by atoms with Gasteiger partial charge in [0.1, 0.15) is 0 Å².